The van der Waals surface area contributed by atoms with Crippen molar-refractivity contribution >= 4 is 17.4 Å². The molecule has 0 aromatic heterocycles. The van der Waals surface area contributed by atoms with Crippen molar-refractivity contribution in [1.29, 1.82) is 0 Å². The Labute approximate surface area is 175 Å². The molecule has 158 valence electrons. The lowest BCUT2D eigenvalue weighted by molar-refractivity contribution is -0.139. The van der Waals surface area contributed by atoms with Crippen LogP contribution in [0.15, 0.2) is 48.0 Å². The number of likely N-dealkylation sites (tertiary alicyclic amines) is 1. The van der Waals surface area contributed by atoms with Gasteiger partial charge in [0, 0.05) is 12.1 Å². The molecule has 0 spiro atoms. The molecule has 1 amide bonds. The molecule has 5 nitrogen and oxygen atoms in total. The number of Topliss-reactive ketones (excluding diaryl/α,β-unsaturated/α-hetero) is 1. The normalized spacial score (nSPS) is 18.3. The van der Waals surface area contributed by atoms with Gasteiger partial charge in [-0.2, -0.15) is 0 Å². The summed E-state index contributed by atoms with van der Waals surface area (Å²) in [6.45, 7) is 6.25. The van der Waals surface area contributed by atoms with Gasteiger partial charge in [0.2, 0.25) is 0 Å². The minimum atomic E-state index is -0.768. The summed E-state index contributed by atoms with van der Waals surface area (Å²) >= 11 is 0. The molecule has 1 aliphatic heterocycles. The second kappa shape index (κ2) is 8.69. The summed E-state index contributed by atoms with van der Waals surface area (Å²) in [6.07, 6.45) is 0.644. The van der Waals surface area contributed by atoms with Gasteiger partial charge >= 0.3 is 0 Å². The third-order valence-electron chi connectivity index (χ3n) is 5.32. The van der Waals surface area contributed by atoms with E-state index < -0.39 is 23.5 Å². The SMILES string of the molecule is CCCN1C(=O)C(=O)/C(=C(\O)c2ccc(OC)c(C(C)C)c2)C1c1ccc(F)cc1. The first-order chi connectivity index (χ1) is 14.3. The summed E-state index contributed by atoms with van der Waals surface area (Å²) in [5.74, 6) is -1.25. The molecule has 6 heteroatoms. The molecule has 0 bridgehead atoms. The standard InChI is InChI=1S/C24H26FNO4/c1-5-12-26-21(15-6-9-17(25)10-7-15)20(23(28)24(26)29)22(27)16-8-11-19(30-4)18(13-16)14(2)3/h6-11,13-14,21,27H,5,12H2,1-4H3/b22-20-. The van der Waals surface area contributed by atoms with E-state index >= 15 is 0 Å². The second-order valence-corrected chi connectivity index (χ2v) is 7.66. The molecule has 1 heterocycles. The van der Waals surface area contributed by atoms with Gasteiger partial charge in [-0.05, 0) is 53.8 Å². The summed E-state index contributed by atoms with van der Waals surface area (Å²) in [5.41, 5.74) is 1.90. The predicted molar refractivity (Wildman–Crippen MR) is 113 cm³/mol. The van der Waals surface area contributed by atoms with Gasteiger partial charge in [0.15, 0.2) is 0 Å². The minimum absolute atomic E-state index is 0.0138. The van der Waals surface area contributed by atoms with Gasteiger partial charge in [-0.1, -0.05) is 32.9 Å². The first-order valence-electron chi connectivity index (χ1n) is 10.0. The van der Waals surface area contributed by atoms with Crippen molar-refractivity contribution in [2.24, 2.45) is 0 Å². The summed E-state index contributed by atoms with van der Waals surface area (Å²) in [7, 11) is 1.57. The van der Waals surface area contributed by atoms with Gasteiger partial charge in [-0.25, -0.2) is 4.39 Å². The molecule has 1 N–H and O–H groups in total. The van der Waals surface area contributed by atoms with Crippen LogP contribution in [-0.2, 0) is 9.59 Å². The lowest BCUT2D eigenvalue weighted by Crippen LogP contribution is -2.30. The number of methoxy groups -OCH3 is 1. The highest BCUT2D eigenvalue weighted by molar-refractivity contribution is 6.46. The summed E-state index contributed by atoms with van der Waals surface area (Å²) < 4.78 is 18.9. The number of amides is 1. The third kappa shape index (κ3) is 3.82. The zero-order chi connectivity index (χ0) is 22.0. The van der Waals surface area contributed by atoms with Gasteiger partial charge in [0.1, 0.15) is 17.3 Å². The van der Waals surface area contributed by atoms with Crippen LogP contribution in [0.2, 0.25) is 0 Å². The molecular formula is C24H26FNO4. The molecule has 1 saturated heterocycles. The Bertz CT molecular complexity index is 995. The number of carbonyl (C=O) groups excluding carboxylic acids is 2. The minimum Gasteiger partial charge on any atom is -0.507 e. The first-order valence-corrected chi connectivity index (χ1v) is 10.0. The third-order valence-corrected chi connectivity index (χ3v) is 5.32. The van der Waals surface area contributed by atoms with Crippen LogP contribution in [0.5, 0.6) is 5.75 Å². The maximum atomic E-state index is 13.5. The number of carbonyl (C=O) groups is 2. The van der Waals surface area contributed by atoms with E-state index in [0.29, 0.717) is 29.8 Å². The second-order valence-electron chi connectivity index (χ2n) is 7.66. The number of ether oxygens (including phenoxy) is 1. The Morgan fingerprint density at radius 2 is 1.83 bits per heavy atom. The van der Waals surface area contributed by atoms with E-state index in [2.05, 4.69) is 0 Å². The zero-order valence-corrected chi connectivity index (χ0v) is 17.6. The maximum Gasteiger partial charge on any atom is 0.295 e. The van der Waals surface area contributed by atoms with E-state index in [1.165, 1.54) is 29.2 Å². The van der Waals surface area contributed by atoms with Crippen LogP contribution in [0, 0.1) is 5.82 Å². The van der Waals surface area contributed by atoms with Gasteiger partial charge in [0.05, 0.1) is 18.7 Å². The number of nitrogens with zero attached hydrogens (tertiary/aromatic N) is 1. The van der Waals surface area contributed by atoms with Gasteiger partial charge in [0.25, 0.3) is 11.7 Å². The van der Waals surface area contributed by atoms with Gasteiger partial charge < -0.3 is 14.7 Å². The fourth-order valence-corrected chi connectivity index (χ4v) is 3.83. The highest BCUT2D eigenvalue weighted by atomic mass is 19.1. The van der Waals surface area contributed by atoms with Gasteiger partial charge in [-0.15, -0.1) is 0 Å². The number of hydrogen-bond acceptors (Lipinski definition) is 4. The Morgan fingerprint density at radius 1 is 1.17 bits per heavy atom. The first kappa shape index (κ1) is 21.6. The summed E-state index contributed by atoms with van der Waals surface area (Å²) in [4.78, 5) is 27.0. The predicted octanol–water partition coefficient (Wildman–Crippen LogP) is 4.79. The molecule has 3 rings (SSSR count). The van der Waals surface area contributed by atoms with E-state index in [4.69, 9.17) is 4.74 Å². The monoisotopic (exact) mass is 411 g/mol. The van der Waals surface area contributed by atoms with Crippen LogP contribution in [0.25, 0.3) is 5.76 Å². The number of rotatable bonds is 6. The van der Waals surface area contributed by atoms with Crippen molar-refractivity contribution < 1.29 is 23.8 Å². The topological polar surface area (TPSA) is 66.8 Å². The Kier molecular flexibility index (Phi) is 6.25. The highest BCUT2D eigenvalue weighted by Crippen LogP contribution is 2.40. The summed E-state index contributed by atoms with van der Waals surface area (Å²) in [6, 6.07) is 10.0. The van der Waals surface area contributed by atoms with E-state index in [-0.39, 0.29) is 17.3 Å². The van der Waals surface area contributed by atoms with Crippen molar-refractivity contribution in [1.82, 2.24) is 4.90 Å². The Morgan fingerprint density at radius 3 is 2.40 bits per heavy atom. The molecule has 1 unspecified atom stereocenters. The van der Waals surface area contributed by atoms with Crippen molar-refractivity contribution in [2.75, 3.05) is 13.7 Å². The molecule has 1 atom stereocenters. The van der Waals surface area contributed by atoms with Crippen molar-refractivity contribution in [3.8, 4) is 5.75 Å². The zero-order valence-electron chi connectivity index (χ0n) is 17.6. The molecule has 1 aliphatic rings. The van der Waals surface area contributed by atoms with E-state index in [1.807, 2.05) is 20.8 Å². The molecule has 2 aromatic rings. The fourth-order valence-electron chi connectivity index (χ4n) is 3.83. The van der Waals surface area contributed by atoms with Crippen LogP contribution < -0.4 is 4.74 Å². The average Bonchev–Trinajstić information content (AvgIpc) is 2.98. The number of aliphatic hydroxyl groups is 1. The summed E-state index contributed by atoms with van der Waals surface area (Å²) in [5, 5.41) is 11.1. The van der Waals surface area contributed by atoms with Crippen molar-refractivity contribution in [3.05, 3.63) is 70.5 Å². The highest BCUT2D eigenvalue weighted by Gasteiger charge is 2.45. The number of halogens is 1. The molecule has 0 aliphatic carbocycles. The quantitative estimate of drug-likeness (QED) is 0.422. The number of benzene rings is 2. The van der Waals surface area contributed by atoms with E-state index in [1.54, 1.807) is 25.3 Å². The Balaban J connectivity index is 2.20. The van der Waals surface area contributed by atoms with E-state index in [9.17, 15) is 19.1 Å². The largest absolute Gasteiger partial charge is 0.507 e. The molecule has 2 aromatic carbocycles. The van der Waals surface area contributed by atoms with E-state index in [0.717, 1.165) is 5.56 Å². The maximum absolute atomic E-state index is 13.5. The van der Waals surface area contributed by atoms with Crippen LogP contribution in [0.4, 0.5) is 4.39 Å². The molecule has 0 saturated carbocycles. The van der Waals surface area contributed by atoms with Gasteiger partial charge in [-0.3, -0.25) is 9.59 Å². The molecule has 1 fully saturated rings. The number of ketones is 1. The average molecular weight is 411 g/mol. The molecule has 0 radical (unpaired) electrons. The molecule has 30 heavy (non-hydrogen) atoms. The smallest absolute Gasteiger partial charge is 0.295 e. The lowest BCUT2D eigenvalue weighted by atomic mass is 9.93. The number of aliphatic hydroxyl groups excluding tert-OH is 1. The number of hydrogen-bond donors (Lipinski definition) is 1. The lowest BCUT2D eigenvalue weighted by Gasteiger charge is -2.25. The Hall–Kier alpha value is -3.15. The van der Waals surface area contributed by atoms with Crippen LogP contribution in [0.3, 0.4) is 0 Å². The molecular weight excluding hydrogens is 385 g/mol. The fraction of sp³-hybridized carbons (Fsp3) is 0.333. The van der Waals surface area contributed by atoms with Crippen LogP contribution >= 0.6 is 0 Å². The van der Waals surface area contributed by atoms with Crippen LogP contribution in [0.1, 0.15) is 55.8 Å². The van der Waals surface area contributed by atoms with Crippen LogP contribution in [-0.4, -0.2) is 35.4 Å². The van der Waals surface area contributed by atoms with Crippen molar-refractivity contribution in [3.63, 3.8) is 0 Å². The van der Waals surface area contributed by atoms with Crippen molar-refractivity contribution in [2.45, 2.75) is 39.2 Å².